The van der Waals surface area contributed by atoms with Crippen LogP contribution in [0.25, 0.3) is 0 Å². The van der Waals surface area contributed by atoms with Crippen LogP contribution in [0.1, 0.15) is 24.6 Å². The number of aliphatic hydroxyl groups is 1. The summed E-state index contributed by atoms with van der Waals surface area (Å²) < 4.78 is 12.8. The lowest BCUT2D eigenvalue weighted by Crippen LogP contribution is -2.36. The number of rotatable bonds is 2. The molecule has 1 atom stereocenters. The number of halogens is 1. The van der Waals surface area contributed by atoms with Crippen LogP contribution in [0, 0.1) is 23.1 Å². The number of nitriles is 1. The van der Waals surface area contributed by atoms with E-state index in [1.165, 1.54) is 12.1 Å². The highest BCUT2D eigenvalue weighted by atomic mass is 19.1. The average molecular weight is 234 g/mol. The first kappa shape index (κ1) is 12.0. The molecule has 0 amide bonds. The second-order valence-electron chi connectivity index (χ2n) is 4.36. The predicted molar refractivity (Wildman–Crippen MR) is 61.3 cm³/mol. The lowest BCUT2D eigenvalue weighted by atomic mass is 9.98. The summed E-state index contributed by atoms with van der Waals surface area (Å²) >= 11 is 0. The summed E-state index contributed by atoms with van der Waals surface area (Å²) in [5.41, 5.74) is 0.696. The maximum Gasteiger partial charge on any atom is 0.133 e. The molecule has 1 N–H and O–H groups in total. The van der Waals surface area contributed by atoms with Crippen LogP contribution in [-0.2, 0) is 0 Å². The van der Waals surface area contributed by atoms with E-state index in [1.807, 2.05) is 4.90 Å². The highest BCUT2D eigenvalue weighted by molar-refractivity contribution is 5.18. The van der Waals surface area contributed by atoms with Crippen molar-refractivity contribution in [3.63, 3.8) is 0 Å². The molecule has 1 heterocycles. The molecule has 1 aliphatic rings. The van der Waals surface area contributed by atoms with E-state index in [-0.39, 0.29) is 11.7 Å². The summed E-state index contributed by atoms with van der Waals surface area (Å²) in [6, 6.07) is 8.14. The number of likely N-dealkylation sites (tertiary alicyclic amines) is 1. The third-order valence-corrected chi connectivity index (χ3v) is 3.23. The van der Waals surface area contributed by atoms with Gasteiger partial charge in [0.25, 0.3) is 0 Å². The summed E-state index contributed by atoms with van der Waals surface area (Å²) in [6.45, 7) is 1.41. The van der Waals surface area contributed by atoms with Gasteiger partial charge in [-0.3, -0.25) is 4.90 Å². The Labute approximate surface area is 100 Å². The molecule has 1 aromatic carbocycles. The Hall–Kier alpha value is -1.44. The average Bonchev–Trinajstić information content (AvgIpc) is 2.39. The van der Waals surface area contributed by atoms with Gasteiger partial charge in [0, 0.05) is 19.0 Å². The molecule has 1 fully saturated rings. The first-order valence-electron chi connectivity index (χ1n) is 5.78. The van der Waals surface area contributed by atoms with Gasteiger partial charge in [-0.25, -0.2) is 4.39 Å². The van der Waals surface area contributed by atoms with E-state index in [1.54, 1.807) is 12.1 Å². The number of piperidine rings is 1. The van der Waals surface area contributed by atoms with E-state index in [4.69, 9.17) is 5.26 Å². The molecule has 0 radical (unpaired) electrons. The first-order valence-corrected chi connectivity index (χ1v) is 5.78. The Kier molecular flexibility index (Phi) is 3.72. The van der Waals surface area contributed by atoms with Crippen molar-refractivity contribution in [2.45, 2.75) is 19.1 Å². The number of benzene rings is 1. The van der Waals surface area contributed by atoms with Gasteiger partial charge < -0.3 is 5.11 Å². The molecule has 2 rings (SSSR count). The van der Waals surface area contributed by atoms with E-state index in [2.05, 4.69) is 6.07 Å². The molecule has 0 aromatic heterocycles. The van der Waals surface area contributed by atoms with Gasteiger partial charge >= 0.3 is 0 Å². The molecule has 1 aromatic rings. The van der Waals surface area contributed by atoms with Gasteiger partial charge in [-0.05, 0) is 30.5 Å². The Morgan fingerprint density at radius 3 is 2.41 bits per heavy atom. The van der Waals surface area contributed by atoms with Crippen LogP contribution in [0.5, 0.6) is 0 Å². The molecule has 90 valence electrons. The smallest absolute Gasteiger partial charge is 0.133 e. The van der Waals surface area contributed by atoms with Gasteiger partial charge in [-0.1, -0.05) is 12.1 Å². The van der Waals surface area contributed by atoms with Gasteiger partial charge in [-0.2, -0.15) is 5.26 Å². The SMILES string of the molecule is N#CC1CCN(C(O)c2ccc(F)cc2)CC1. The molecular weight excluding hydrogens is 219 g/mol. The van der Waals surface area contributed by atoms with Crippen LogP contribution < -0.4 is 0 Å². The molecule has 1 aliphatic heterocycles. The van der Waals surface area contributed by atoms with Crippen LogP contribution in [0.3, 0.4) is 0 Å². The lowest BCUT2D eigenvalue weighted by Gasteiger charge is -2.33. The van der Waals surface area contributed by atoms with Crippen molar-refractivity contribution in [3.05, 3.63) is 35.6 Å². The largest absolute Gasteiger partial charge is 0.374 e. The number of hydrogen-bond acceptors (Lipinski definition) is 3. The zero-order chi connectivity index (χ0) is 12.3. The van der Waals surface area contributed by atoms with Crippen LogP contribution in [0.4, 0.5) is 4.39 Å². The minimum absolute atomic E-state index is 0.103. The molecule has 17 heavy (non-hydrogen) atoms. The highest BCUT2D eigenvalue weighted by Crippen LogP contribution is 2.24. The van der Waals surface area contributed by atoms with Crippen LogP contribution in [-0.4, -0.2) is 23.1 Å². The van der Waals surface area contributed by atoms with E-state index < -0.39 is 6.23 Å². The molecular formula is C13H15FN2O. The number of nitrogens with zero attached hydrogens (tertiary/aromatic N) is 2. The van der Waals surface area contributed by atoms with E-state index in [0.717, 1.165) is 12.8 Å². The van der Waals surface area contributed by atoms with Crippen molar-refractivity contribution in [3.8, 4) is 6.07 Å². The van der Waals surface area contributed by atoms with Gasteiger partial charge in [0.15, 0.2) is 0 Å². The molecule has 0 aliphatic carbocycles. The summed E-state index contributed by atoms with van der Waals surface area (Å²) in [4.78, 5) is 1.92. The minimum Gasteiger partial charge on any atom is -0.374 e. The third kappa shape index (κ3) is 2.82. The molecule has 1 unspecified atom stereocenters. The fourth-order valence-electron chi connectivity index (χ4n) is 2.12. The predicted octanol–water partition coefficient (Wildman–Crippen LogP) is 2.05. The Bertz CT molecular complexity index is 404. The van der Waals surface area contributed by atoms with Crippen molar-refractivity contribution in [1.82, 2.24) is 4.90 Å². The summed E-state index contributed by atoms with van der Waals surface area (Å²) in [5.74, 6) is -0.198. The monoisotopic (exact) mass is 234 g/mol. The summed E-state index contributed by atoms with van der Waals surface area (Å²) in [7, 11) is 0. The Morgan fingerprint density at radius 1 is 1.29 bits per heavy atom. The van der Waals surface area contributed by atoms with E-state index in [0.29, 0.717) is 18.7 Å². The number of aliphatic hydroxyl groups excluding tert-OH is 1. The van der Waals surface area contributed by atoms with E-state index >= 15 is 0 Å². The van der Waals surface area contributed by atoms with Crippen LogP contribution in [0.2, 0.25) is 0 Å². The topological polar surface area (TPSA) is 47.3 Å². The van der Waals surface area contributed by atoms with Crippen molar-refractivity contribution >= 4 is 0 Å². The van der Waals surface area contributed by atoms with Crippen LogP contribution >= 0.6 is 0 Å². The molecule has 0 spiro atoms. The second-order valence-corrected chi connectivity index (χ2v) is 4.36. The van der Waals surface area contributed by atoms with Crippen molar-refractivity contribution in [2.24, 2.45) is 5.92 Å². The Morgan fingerprint density at radius 2 is 1.88 bits per heavy atom. The summed E-state index contributed by atoms with van der Waals surface area (Å²) in [5, 5.41) is 18.9. The first-order chi connectivity index (χ1) is 8.20. The van der Waals surface area contributed by atoms with E-state index in [9.17, 15) is 9.50 Å². The zero-order valence-electron chi connectivity index (χ0n) is 9.51. The van der Waals surface area contributed by atoms with Gasteiger partial charge in [0.1, 0.15) is 12.0 Å². The van der Waals surface area contributed by atoms with Crippen molar-refractivity contribution < 1.29 is 9.50 Å². The standard InChI is InChI=1S/C13H15FN2O/c14-12-3-1-11(2-4-12)13(17)16-7-5-10(9-15)6-8-16/h1-4,10,13,17H,5-8H2. The Balaban J connectivity index is 1.99. The fraction of sp³-hybridized carbons (Fsp3) is 0.462. The molecule has 4 heteroatoms. The van der Waals surface area contributed by atoms with Gasteiger partial charge in [0.05, 0.1) is 6.07 Å². The molecule has 0 bridgehead atoms. The van der Waals surface area contributed by atoms with Gasteiger partial charge in [0.2, 0.25) is 0 Å². The third-order valence-electron chi connectivity index (χ3n) is 3.23. The maximum atomic E-state index is 12.8. The fourth-order valence-corrected chi connectivity index (χ4v) is 2.12. The molecule has 1 saturated heterocycles. The van der Waals surface area contributed by atoms with Crippen molar-refractivity contribution in [2.75, 3.05) is 13.1 Å². The maximum absolute atomic E-state index is 12.8. The second kappa shape index (κ2) is 5.26. The molecule has 3 nitrogen and oxygen atoms in total. The molecule has 0 saturated carbocycles. The van der Waals surface area contributed by atoms with Gasteiger partial charge in [-0.15, -0.1) is 0 Å². The van der Waals surface area contributed by atoms with Crippen LogP contribution in [0.15, 0.2) is 24.3 Å². The summed E-state index contributed by atoms with van der Waals surface area (Å²) in [6.07, 6.45) is 0.874. The normalized spacial score (nSPS) is 19.8. The lowest BCUT2D eigenvalue weighted by molar-refractivity contribution is -0.0148. The number of hydrogen-bond donors (Lipinski definition) is 1. The highest BCUT2D eigenvalue weighted by Gasteiger charge is 2.24. The minimum atomic E-state index is -0.699. The zero-order valence-corrected chi connectivity index (χ0v) is 9.51. The van der Waals surface area contributed by atoms with Crippen molar-refractivity contribution in [1.29, 1.82) is 5.26 Å². The quantitative estimate of drug-likeness (QED) is 0.852.